The third-order valence-corrected chi connectivity index (χ3v) is 3.55. The smallest absolute Gasteiger partial charge is 0.0620 e. The molecule has 1 saturated carbocycles. The van der Waals surface area contributed by atoms with Gasteiger partial charge >= 0.3 is 0 Å². The Bertz CT molecular complexity index is 336. The molecule has 1 aromatic rings. The molecule has 0 spiro atoms. The van der Waals surface area contributed by atoms with Gasteiger partial charge in [0.05, 0.1) is 6.61 Å². The van der Waals surface area contributed by atoms with Crippen molar-refractivity contribution in [2.75, 3.05) is 13.2 Å². The normalized spacial score (nSPS) is 24.9. The maximum absolute atomic E-state index is 5.34. The Kier molecular flexibility index (Phi) is 2.94. The molecule has 2 fully saturated rings. The molecule has 1 aromatic carbocycles. The monoisotopic (exact) mass is 217 g/mol. The lowest BCUT2D eigenvalue weighted by atomic mass is 10.1. The molecular weight excluding hydrogens is 198 g/mol. The number of hydrogen-bond acceptors (Lipinski definition) is 2. The average molecular weight is 217 g/mol. The Hall–Kier alpha value is -0.860. The number of hydrogen-bond donors (Lipinski definition) is 1. The molecule has 2 nitrogen and oxygen atoms in total. The summed E-state index contributed by atoms with van der Waals surface area (Å²) < 4.78 is 5.34. The van der Waals surface area contributed by atoms with Gasteiger partial charge in [0.1, 0.15) is 0 Å². The van der Waals surface area contributed by atoms with Gasteiger partial charge in [0, 0.05) is 19.2 Å². The molecule has 1 aliphatic carbocycles. The summed E-state index contributed by atoms with van der Waals surface area (Å²) in [7, 11) is 0. The SMILES string of the molecule is c1cc(C2CC2)ccc1CNC1CCOC1. The van der Waals surface area contributed by atoms with Gasteiger partial charge in [-0.05, 0) is 36.3 Å². The first-order valence-corrected chi connectivity index (χ1v) is 6.32. The van der Waals surface area contributed by atoms with E-state index in [2.05, 4.69) is 29.6 Å². The molecule has 0 aromatic heterocycles. The molecule has 1 heterocycles. The summed E-state index contributed by atoms with van der Waals surface area (Å²) in [4.78, 5) is 0. The van der Waals surface area contributed by atoms with Gasteiger partial charge in [-0.25, -0.2) is 0 Å². The molecule has 1 saturated heterocycles. The first-order chi connectivity index (χ1) is 7.92. The maximum atomic E-state index is 5.34. The van der Waals surface area contributed by atoms with E-state index < -0.39 is 0 Å². The van der Waals surface area contributed by atoms with Crippen LogP contribution in [0.1, 0.15) is 36.3 Å². The summed E-state index contributed by atoms with van der Waals surface area (Å²) in [5.41, 5.74) is 2.91. The van der Waals surface area contributed by atoms with Gasteiger partial charge in [-0.3, -0.25) is 0 Å². The maximum Gasteiger partial charge on any atom is 0.0620 e. The number of rotatable bonds is 4. The van der Waals surface area contributed by atoms with Gasteiger partial charge in [0.15, 0.2) is 0 Å². The third kappa shape index (κ3) is 2.45. The zero-order valence-electron chi connectivity index (χ0n) is 9.61. The summed E-state index contributed by atoms with van der Waals surface area (Å²) in [6.07, 6.45) is 3.92. The topological polar surface area (TPSA) is 21.3 Å². The zero-order chi connectivity index (χ0) is 10.8. The first-order valence-electron chi connectivity index (χ1n) is 6.32. The fraction of sp³-hybridized carbons (Fsp3) is 0.571. The van der Waals surface area contributed by atoms with E-state index in [4.69, 9.17) is 4.74 Å². The van der Waals surface area contributed by atoms with Crippen molar-refractivity contribution in [2.45, 2.75) is 37.8 Å². The van der Waals surface area contributed by atoms with Crippen LogP contribution >= 0.6 is 0 Å². The molecule has 1 N–H and O–H groups in total. The summed E-state index contributed by atoms with van der Waals surface area (Å²) in [5, 5.41) is 3.54. The van der Waals surface area contributed by atoms with Crippen LogP contribution in [0.2, 0.25) is 0 Å². The van der Waals surface area contributed by atoms with Crippen LogP contribution in [0.5, 0.6) is 0 Å². The van der Waals surface area contributed by atoms with Gasteiger partial charge in [0.2, 0.25) is 0 Å². The molecular formula is C14H19NO. The van der Waals surface area contributed by atoms with Crippen LogP contribution in [-0.2, 0) is 11.3 Å². The minimum atomic E-state index is 0.558. The molecule has 1 atom stereocenters. The molecule has 86 valence electrons. The zero-order valence-corrected chi connectivity index (χ0v) is 9.61. The molecule has 0 amide bonds. The van der Waals surface area contributed by atoms with Gasteiger partial charge < -0.3 is 10.1 Å². The average Bonchev–Trinajstić information content (AvgIpc) is 3.05. The Balaban J connectivity index is 1.53. The summed E-state index contributed by atoms with van der Waals surface area (Å²) in [5.74, 6) is 0.866. The Labute approximate surface area is 97.0 Å². The first kappa shape index (κ1) is 10.3. The molecule has 0 bridgehead atoms. The number of nitrogens with one attached hydrogen (secondary N) is 1. The summed E-state index contributed by atoms with van der Waals surface area (Å²) >= 11 is 0. The van der Waals surface area contributed by atoms with Crippen LogP contribution < -0.4 is 5.32 Å². The minimum Gasteiger partial charge on any atom is -0.380 e. The van der Waals surface area contributed by atoms with Crippen molar-refractivity contribution in [3.05, 3.63) is 35.4 Å². The lowest BCUT2D eigenvalue weighted by Gasteiger charge is -2.10. The van der Waals surface area contributed by atoms with Crippen molar-refractivity contribution in [2.24, 2.45) is 0 Å². The van der Waals surface area contributed by atoms with E-state index in [9.17, 15) is 0 Å². The van der Waals surface area contributed by atoms with Crippen LogP contribution in [-0.4, -0.2) is 19.3 Å². The second-order valence-electron chi connectivity index (χ2n) is 4.96. The highest BCUT2D eigenvalue weighted by Gasteiger charge is 2.22. The van der Waals surface area contributed by atoms with Crippen LogP contribution in [0.4, 0.5) is 0 Å². The highest BCUT2D eigenvalue weighted by molar-refractivity contribution is 5.27. The van der Waals surface area contributed by atoms with E-state index in [1.54, 1.807) is 0 Å². The summed E-state index contributed by atoms with van der Waals surface area (Å²) in [6.45, 7) is 2.76. The van der Waals surface area contributed by atoms with E-state index in [1.807, 2.05) is 0 Å². The van der Waals surface area contributed by atoms with Crippen molar-refractivity contribution in [1.82, 2.24) is 5.32 Å². The van der Waals surface area contributed by atoms with Crippen LogP contribution in [0.15, 0.2) is 24.3 Å². The molecule has 0 radical (unpaired) electrons. The second kappa shape index (κ2) is 4.56. The second-order valence-corrected chi connectivity index (χ2v) is 4.96. The Morgan fingerprint density at radius 3 is 2.56 bits per heavy atom. The van der Waals surface area contributed by atoms with Crippen LogP contribution in [0.3, 0.4) is 0 Å². The van der Waals surface area contributed by atoms with Crippen molar-refractivity contribution in [1.29, 1.82) is 0 Å². The highest BCUT2D eigenvalue weighted by atomic mass is 16.5. The molecule has 3 rings (SSSR count). The summed E-state index contributed by atoms with van der Waals surface area (Å²) in [6, 6.07) is 9.66. The predicted octanol–water partition coefficient (Wildman–Crippen LogP) is 2.44. The number of ether oxygens (including phenoxy) is 1. The molecule has 16 heavy (non-hydrogen) atoms. The molecule has 2 aliphatic rings. The van der Waals surface area contributed by atoms with E-state index in [-0.39, 0.29) is 0 Å². The third-order valence-electron chi connectivity index (χ3n) is 3.55. The van der Waals surface area contributed by atoms with Crippen LogP contribution in [0, 0.1) is 0 Å². The quantitative estimate of drug-likeness (QED) is 0.836. The lowest BCUT2D eigenvalue weighted by molar-refractivity contribution is 0.190. The minimum absolute atomic E-state index is 0.558. The molecule has 1 aliphatic heterocycles. The standard InChI is InChI=1S/C14H19NO/c1-3-12(13-5-6-13)4-2-11(1)9-15-14-7-8-16-10-14/h1-4,13-15H,5-10H2. The predicted molar refractivity (Wildman–Crippen MR) is 64.5 cm³/mol. The Morgan fingerprint density at radius 1 is 1.12 bits per heavy atom. The van der Waals surface area contributed by atoms with Crippen molar-refractivity contribution < 1.29 is 4.74 Å². The Morgan fingerprint density at radius 2 is 1.94 bits per heavy atom. The largest absolute Gasteiger partial charge is 0.380 e. The van der Waals surface area contributed by atoms with E-state index in [0.29, 0.717) is 6.04 Å². The van der Waals surface area contributed by atoms with Gasteiger partial charge in [-0.15, -0.1) is 0 Å². The van der Waals surface area contributed by atoms with Gasteiger partial charge in [-0.1, -0.05) is 24.3 Å². The van der Waals surface area contributed by atoms with Gasteiger partial charge in [-0.2, -0.15) is 0 Å². The van der Waals surface area contributed by atoms with Crippen LogP contribution in [0.25, 0.3) is 0 Å². The van der Waals surface area contributed by atoms with Crippen molar-refractivity contribution in [3.8, 4) is 0 Å². The lowest BCUT2D eigenvalue weighted by Crippen LogP contribution is -2.28. The van der Waals surface area contributed by atoms with Gasteiger partial charge in [0.25, 0.3) is 0 Å². The van der Waals surface area contributed by atoms with E-state index in [0.717, 1.165) is 32.1 Å². The molecule has 1 unspecified atom stereocenters. The highest BCUT2D eigenvalue weighted by Crippen LogP contribution is 2.39. The fourth-order valence-electron chi connectivity index (χ4n) is 2.28. The van der Waals surface area contributed by atoms with Crippen molar-refractivity contribution in [3.63, 3.8) is 0 Å². The van der Waals surface area contributed by atoms with Crippen molar-refractivity contribution >= 4 is 0 Å². The van der Waals surface area contributed by atoms with E-state index >= 15 is 0 Å². The molecule has 2 heteroatoms. The number of benzene rings is 1. The fourth-order valence-corrected chi connectivity index (χ4v) is 2.28. The van der Waals surface area contributed by atoms with E-state index in [1.165, 1.54) is 24.0 Å².